The minimum Gasteiger partial charge on any atom is -0.252 e. The standard InChI is InChI=1S/C23H19N/c1-17-21(18-10-4-2-5-11-18)16-20-14-8-9-15-22(20)24-23(17)19-12-6-3-7-13-19/h2-17H,1H3/t17-/m1/s1. The Morgan fingerprint density at radius 2 is 1.25 bits per heavy atom. The van der Waals surface area contributed by atoms with E-state index in [0.717, 1.165) is 11.4 Å². The molecule has 0 saturated heterocycles. The minimum absolute atomic E-state index is 0.224. The van der Waals surface area contributed by atoms with Crippen LogP contribution in [0.2, 0.25) is 0 Å². The quantitative estimate of drug-likeness (QED) is 0.550. The van der Waals surface area contributed by atoms with Gasteiger partial charge in [0.25, 0.3) is 0 Å². The average Bonchev–Trinajstić information content (AvgIpc) is 2.80. The Balaban J connectivity index is 1.94. The molecule has 0 N–H and O–H groups in total. The zero-order chi connectivity index (χ0) is 16.4. The van der Waals surface area contributed by atoms with Crippen LogP contribution < -0.4 is 0 Å². The van der Waals surface area contributed by atoms with E-state index in [1.54, 1.807) is 0 Å². The summed E-state index contributed by atoms with van der Waals surface area (Å²) in [6.45, 7) is 2.25. The smallest absolute Gasteiger partial charge is 0.0705 e. The van der Waals surface area contributed by atoms with Crippen molar-refractivity contribution in [2.75, 3.05) is 0 Å². The second-order valence-corrected chi connectivity index (χ2v) is 6.11. The molecule has 4 rings (SSSR count). The van der Waals surface area contributed by atoms with Gasteiger partial charge in [0.1, 0.15) is 0 Å². The average molecular weight is 309 g/mol. The predicted octanol–water partition coefficient (Wildman–Crippen LogP) is 6.00. The van der Waals surface area contributed by atoms with E-state index >= 15 is 0 Å². The zero-order valence-electron chi connectivity index (χ0n) is 13.7. The van der Waals surface area contributed by atoms with Crippen molar-refractivity contribution in [3.63, 3.8) is 0 Å². The molecule has 1 aliphatic heterocycles. The van der Waals surface area contributed by atoms with Crippen molar-refractivity contribution in [1.29, 1.82) is 0 Å². The molecule has 0 amide bonds. The number of benzene rings is 3. The minimum atomic E-state index is 0.224. The molecule has 3 aromatic carbocycles. The van der Waals surface area contributed by atoms with Gasteiger partial charge < -0.3 is 0 Å². The van der Waals surface area contributed by atoms with E-state index in [-0.39, 0.29) is 5.92 Å². The van der Waals surface area contributed by atoms with Gasteiger partial charge in [0.2, 0.25) is 0 Å². The van der Waals surface area contributed by atoms with Crippen molar-refractivity contribution >= 4 is 23.0 Å². The highest BCUT2D eigenvalue weighted by Gasteiger charge is 2.22. The molecule has 1 heteroatoms. The molecule has 0 aromatic heterocycles. The van der Waals surface area contributed by atoms with Crippen molar-refractivity contribution in [3.8, 4) is 0 Å². The van der Waals surface area contributed by atoms with Crippen LogP contribution in [0.5, 0.6) is 0 Å². The Labute approximate surface area is 143 Å². The van der Waals surface area contributed by atoms with Gasteiger partial charge in [0, 0.05) is 11.5 Å². The summed E-state index contributed by atoms with van der Waals surface area (Å²) in [6.07, 6.45) is 2.29. The van der Waals surface area contributed by atoms with E-state index in [2.05, 4.69) is 91.9 Å². The van der Waals surface area contributed by atoms with E-state index in [4.69, 9.17) is 4.99 Å². The third-order valence-electron chi connectivity index (χ3n) is 4.54. The van der Waals surface area contributed by atoms with Gasteiger partial charge in [-0.2, -0.15) is 0 Å². The van der Waals surface area contributed by atoms with Gasteiger partial charge in [0.15, 0.2) is 0 Å². The highest BCUT2D eigenvalue weighted by molar-refractivity contribution is 6.12. The summed E-state index contributed by atoms with van der Waals surface area (Å²) in [7, 11) is 0. The number of para-hydroxylation sites is 1. The van der Waals surface area contributed by atoms with E-state index in [0.29, 0.717) is 0 Å². The first-order valence-electron chi connectivity index (χ1n) is 8.33. The number of rotatable bonds is 2. The van der Waals surface area contributed by atoms with Crippen molar-refractivity contribution in [2.45, 2.75) is 6.92 Å². The molecule has 0 fully saturated rings. The van der Waals surface area contributed by atoms with Crippen LogP contribution in [0.4, 0.5) is 5.69 Å². The van der Waals surface area contributed by atoms with Crippen LogP contribution in [0.15, 0.2) is 89.9 Å². The first-order chi connectivity index (χ1) is 11.8. The van der Waals surface area contributed by atoms with Crippen LogP contribution in [0, 0.1) is 5.92 Å². The molecule has 0 spiro atoms. The van der Waals surface area contributed by atoms with Crippen molar-refractivity contribution in [2.24, 2.45) is 10.9 Å². The normalized spacial score (nSPS) is 16.6. The van der Waals surface area contributed by atoms with Gasteiger partial charge in [-0.15, -0.1) is 0 Å². The third kappa shape index (κ3) is 2.69. The fourth-order valence-electron chi connectivity index (χ4n) is 3.27. The van der Waals surface area contributed by atoms with Crippen LogP contribution in [0.3, 0.4) is 0 Å². The van der Waals surface area contributed by atoms with Gasteiger partial charge in [-0.1, -0.05) is 85.8 Å². The maximum atomic E-state index is 5.03. The largest absolute Gasteiger partial charge is 0.252 e. The summed E-state index contributed by atoms with van der Waals surface area (Å²) in [5, 5.41) is 0. The molecule has 1 aliphatic rings. The third-order valence-corrected chi connectivity index (χ3v) is 4.54. The van der Waals surface area contributed by atoms with Crippen LogP contribution in [-0.4, -0.2) is 5.71 Å². The Kier molecular flexibility index (Phi) is 3.84. The lowest BCUT2D eigenvalue weighted by atomic mass is 9.86. The summed E-state index contributed by atoms with van der Waals surface area (Å²) in [6, 6.07) is 29.5. The lowest BCUT2D eigenvalue weighted by Gasteiger charge is -2.18. The molecule has 1 atom stereocenters. The van der Waals surface area contributed by atoms with Crippen LogP contribution >= 0.6 is 0 Å². The number of hydrogen-bond acceptors (Lipinski definition) is 1. The highest BCUT2D eigenvalue weighted by atomic mass is 14.8. The van der Waals surface area contributed by atoms with Gasteiger partial charge in [-0.25, -0.2) is 0 Å². The van der Waals surface area contributed by atoms with E-state index in [9.17, 15) is 0 Å². The summed E-state index contributed by atoms with van der Waals surface area (Å²) in [5.41, 5.74) is 7.08. The second kappa shape index (κ2) is 6.29. The number of nitrogens with zero attached hydrogens (tertiary/aromatic N) is 1. The fourth-order valence-corrected chi connectivity index (χ4v) is 3.27. The second-order valence-electron chi connectivity index (χ2n) is 6.11. The van der Waals surface area contributed by atoms with Crippen LogP contribution in [0.1, 0.15) is 23.6 Å². The molecule has 0 unspecified atom stereocenters. The van der Waals surface area contributed by atoms with Gasteiger partial charge in [0.05, 0.1) is 11.4 Å². The number of aliphatic imine (C=N–C) groups is 1. The van der Waals surface area contributed by atoms with Crippen molar-refractivity contribution in [3.05, 3.63) is 102 Å². The Hall–Kier alpha value is -2.93. The van der Waals surface area contributed by atoms with E-state index < -0.39 is 0 Å². The molecule has 0 saturated carbocycles. The first-order valence-corrected chi connectivity index (χ1v) is 8.33. The molecular formula is C23H19N. The molecule has 1 nitrogen and oxygen atoms in total. The topological polar surface area (TPSA) is 12.4 Å². The van der Waals surface area contributed by atoms with E-state index in [1.165, 1.54) is 22.3 Å². The van der Waals surface area contributed by atoms with Crippen LogP contribution in [0.25, 0.3) is 11.6 Å². The maximum Gasteiger partial charge on any atom is 0.0705 e. The summed E-state index contributed by atoms with van der Waals surface area (Å²) in [4.78, 5) is 5.03. The number of fused-ring (bicyclic) bond motifs is 1. The van der Waals surface area contributed by atoms with Crippen molar-refractivity contribution < 1.29 is 0 Å². The van der Waals surface area contributed by atoms with E-state index in [1.807, 2.05) is 6.07 Å². The van der Waals surface area contributed by atoms with Gasteiger partial charge >= 0.3 is 0 Å². The highest BCUT2D eigenvalue weighted by Crippen LogP contribution is 2.36. The molecule has 24 heavy (non-hydrogen) atoms. The summed E-state index contributed by atoms with van der Waals surface area (Å²) < 4.78 is 0. The number of hydrogen-bond donors (Lipinski definition) is 0. The van der Waals surface area contributed by atoms with Crippen LogP contribution in [-0.2, 0) is 0 Å². The Morgan fingerprint density at radius 1 is 0.667 bits per heavy atom. The summed E-state index contributed by atoms with van der Waals surface area (Å²) in [5.74, 6) is 0.224. The summed E-state index contributed by atoms with van der Waals surface area (Å²) >= 11 is 0. The van der Waals surface area contributed by atoms with Gasteiger partial charge in [-0.05, 0) is 28.8 Å². The lowest BCUT2D eigenvalue weighted by Crippen LogP contribution is -2.13. The molecule has 3 aromatic rings. The predicted molar refractivity (Wildman–Crippen MR) is 103 cm³/mol. The molecule has 0 radical (unpaired) electrons. The lowest BCUT2D eigenvalue weighted by molar-refractivity contribution is 1.03. The SMILES string of the molecule is C[C@@H]1C(c2ccccc2)=Cc2ccccc2N=C1c1ccccc1. The molecule has 0 aliphatic carbocycles. The molecule has 1 heterocycles. The molecule has 0 bridgehead atoms. The zero-order valence-corrected chi connectivity index (χ0v) is 13.7. The fraction of sp³-hybridized carbons (Fsp3) is 0.0870. The van der Waals surface area contributed by atoms with Crippen molar-refractivity contribution in [1.82, 2.24) is 0 Å². The maximum absolute atomic E-state index is 5.03. The van der Waals surface area contributed by atoms with Gasteiger partial charge in [-0.3, -0.25) is 4.99 Å². The molecule has 116 valence electrons. The Morgan fingerprint density at radius 3 is 1.96 bits per heavy atom. The molecular weight excluding hydrogens is 290 g/mol. The Bertz CT molecular complexity index is 829. The number of allylic oxidation sites excluding steroid dienone is 1. The first kappa shape index (κ1) is 14.6. The monoisotopic (exact) mass is 309 g/mol.